The molecule has 0 fully saturated rings. The number of nitrogens with zero attached hydrogens (tertiary/aromatic N) is 2. The van der Waals surface area contributed by atoms with Crippen molar-refractivity contribution in [1.82, 2.24) is 15.3 Å². The van der Waals surface area contributed by atoms with Gasteiger partial charge in [0.15, 0.2) is 5.11 Å². The molecule has 6 nitrogen and oxygen atoms in total. The summed E-state index contributed by atoms with van der Waals surface area (Å²) in [5, 5.41) is 8.61. The number of hydrogen-bond donors (Lipinski definition) is 2. The minimum atomic E-state index is 0.475. The van der Waals surface area contributed by atoms with Crippen LogP contribution in [0.15, 0.2) is 59.8 Å². The average Bonchev–Trinajstić information content (AvgIpc) is 3.06. The van der Waals surface area contributed by atoms with E-state index in [-0.39, 0.29) is 0 Å². The molecule has 3 aromatic rings. The smallest absolute Gasteiger partial charge is 0.186 e. The Morgan fingerprint density at radius 1 is 1.15 bits per heavy atom. The zero-order valence-electron chi connectivity index (χ0n) is 15.3. The third-order valence-electron chi connectivity index (χ3n) is 4.08. The molecule has 0 amide bonds. The average molecular weight is 382 g/mol. The Kier molecular flexibility index (Phi) is 6.27. The van der Waals surface area contributed by atoms with E-state index < -0.39 is 0 Å². The van der Waals surface area contributed by atoms with Gasteiger partial charge in [0.2, 0.25) is 0 Å². The lowest BCUT2D eigenvalue weighted by atomic mass is 10.2. The van der Waals surface area contributed by atoms with Crippen molar-refractivity contribution in [3.05, 3.63) is 60.3 Å². The molecule has 0 spiro atoms. The van der Waals surface area contributed by atoms with Gasteiger partial charge in [-0.2, -0.15) is 5.10 Å². The summed E-state index contributed by atoms with van der Waals surface area (Å²) in [6.07, 6.45) is 3.84. The summed E-state index contributed by atoms with van der Waals surface area (Å²) in [6.45, 7) is 1.28. The van der Waals surface area contributed by atoms with Crippen LogP contribution in [0.4, 0.5) is 0 Å². The summed E-state index contributed by atoms with van der Waals surface area (Å²) >= 11 is 5.03. The molecule has 0 bridgehead atoms. The largest absolute Gasteiger partial charge is 0.497 e. The van der Waals surface area contributed by atoms with E-state index in [2.05, 4.69) is 38.7 Å². The van der Waals surface area contributed by atoms with Crippen molar-refractivity contribution in [1.29, 1.82) is 0 Å². The molecule has 3 rings (SSSR count). The van der Waals surface area contributed by atoms with E-state index in [4.69, 9.17) is 21.7 Å². The normalized spacial score (nSPS) is 10.9. The second-order valence-corrected chi connectivity index (χ2v) is 6.18. The highest BCUT2D eigenvalue weighted by molar-refractivity contribution is 7.80. The summed E-state index contributed by atoms with van der Waals surface area (Å²) in [4.78, 5) is 0. The molecular formula is C20H22N4O2S. The summed E-state index contributed by atoms with van der Waals surface area (Å²) in [6, 6.07) is 15.8. The first-order valence-electron chi connectivity index (χ1n) is 8.57. The third kappa shape index (κ3) is 4.77. The number of para-hydroxylation sites is 1. The van der Waals surface area contributed by atoms with E-state index >= 15 is 0 Å². The monoisotopic (exact) mass is 382 g/mol. The Balaban J connectivity index is 1.69. The van der Waals surface area contributed by atoms with Gasteiger partial charge in [-0.1, -0.05) is 18.2 Å². The molecule has 0 aliphatic heterocycles. The molecule has 0 unspecified atom stereocenters. The van der Waals surface area contributed by atoms with Crippen LogP contribution in [0.3, 0.4) is 0 Å². The number of aromatic nitrogens is 1. The maximum Gasteiger partial charge on any atom is 0.186 e. The van der Waals surface area contributed by atoms with E-state index in [0.717, 1.165) is 34.5 Å². The quantitative estimate of drug-likeness (QED) is 0.373. The van der Waals surface area contributed by atoms with Gasteiger partial charge in [-0.15, -0.1) is 0 Å². The number of hydrazone groups is 1. The lowest BCUT2D eigenvalue weighted by Gasteiger charge is -2.09. The van der Waals surface area contributed by atoms with Gasteiger partial charge in [0.1, 0.15) is 18.1 Å². The summed E-state index contributed by atoms with van der Waals surface area (Å²) < 4.78 is 13.2. The number of methoxy groups -OCH3 is 1. The Bertz CT molecular complexity index is 935. The number of hydrogen-bond acceptors (Lipinski definition) is 4. The van der Waals surface area contributed by atoms with Gasteiger partial charge in [0, 0.05) is 29.7 Å². The van der Waals surface area contributed by atoms with Crippen molar-refractivity contribution in [3.8, 4) is 11.5 Å². The number of fused-ring (bicyclic) bond motifs is 1. The topological polar surface area (TPSA) is 59.8 Å². The maximum absolute atomic E-state index is 5.85. The minimum Gasteiger partial charge on any atom is -0.497 e. The second kappa shape index (κ2) is 9.05. The number of rotatable bonds is 7. The zero-order valence-corrected chi connectivity index (χ0v) is 16.1. The Morgan fingerprint density at radius 3 is 2.63 bits per heavy atom. The van der Waals surface area contributed by atoms with Gasteiger partial charge in [-0.3, -0.25) is 5.43 Å². The maximum atomic E-state index is 5.85. The number of thiocarbonyl (C=S) groups is 1. The molecule has 140 valence electrons. The molecule has 7 heteroatoms. The van der Waals surface area contributed by atoms with Crippen LogP contribution >= 0.6 is 12.2 Å². The highest BCUT2D eigenvalue weighted by Gasteiger charge is 2.07. The van der Waals surface area contributed by atoms with Gasteiger partial charge >= 0.3 is 0 Å². The van der Waals surface area contributed by atoms with Crippen LogP contribution in [0.1, 0.15) is 5.56 Å². The lowest BCUT2D eigenvalue weighted by Crippen LogP contribution is -2.28. The molecular weight excluding hydrogens is 360 g/mol. The highest BCUT2D eigenvalue weighted by atomic mass is 32.1. The number of benzene rings is 2. The van der Waals surface area contributed by atoms with Crippen LogP contribution < -0.4 is 20.2 Å². The predicted octanol–water partition coefficient (Wildman–Crippen LogP) is 3.16. The highest BCUT2D eigenvalue weighted by Crippen LogP contribution is 2.21. The molecule has 1 aromatic heterocycles. The van der Waals surface area contributed by atoms with Gasteiger partial charge in [-0.05, 0) is 42.5 Å². The van der Waals surface area contributed by atoms with Crippen LogP contribution in [0.2, 0.25) is 0 Å². The predicted molar refractivity (Wildman–Crippen MR) is 113 cm³/mol. The molecule has 0 saturated heterocycles. The van der Waals surface area contributed by atoms with Crippen molar-refractivity contribution in [2.75, 3.05) is 20.8 Å². The van der Waals surface area contributed by atoms with E-state index in [0.29, 0.717) is 11.7 Å². The fourth-order valence-corrected chi connectivity index (χ4v) is 2.77. The zero-order chi connectivity index (χ0) is 19.1. The molecule has 2 aromatic carbocycles. The Hall–Kier alpha value is -3.06. The van der Waals surface area contributed by atoms with E-state index in [9.17, 15) is 0 Å². The number of nitrogens with one attached hydrogen (secondary N) is 2. The standard InChI is InChI=1S/C20H22N4O2S/c1-21-20(27)23-22-13-15-14-24(19-6-4-3-5-18(15)19)11-12-26-17-9-7-16(25-2)8-10-17/h3-10,13-14H,11-12H2,1-2H3,(H2,21,23,27). The van der Waals surface area contributed by atoms with Crippen LogP contribution in [0.25, 0.3) is 10.9 Å². The second-order valence-electron chi connectivity index (χ2n) is 5.77. The third-order valence-corrected chi connectivity index (χ3v) is 4.37. The first-order valence-corrected chi connectivity index (χ1v) is 8.97. The molecule has 0 saturated carbocycles. The lowest BCUT2D eigenvalue weighted by molar-refractivity contribution is 0.300. The first-order chi connectivity index (χ1) is 13.2. The van der Waals surface area contributed by atoms with Crippen LogP contribution in [0.5, 0.6) is 11.5 Å². The van der Waals surface area contributed by atoms with Gasteiger partial charge in [0.25, 0.3) is 0 Å². The van der Waals surface area contributed by atoms with Crippen molar-refractivity contribution >= 4 is 34.4 Å². The van der Waals surface area contributed by atoms with Gasteiger partial charge < -0.3 is 19.4 Å². The SMILES string of the molecule is CNC(=S)NN=Cc1cn(CCOc2ccc(OC)cc2)c2ccccc12. The van der Waals surface area contributed by atoms with Crippen molar-refractivity contribution in [2.45, 2.75) is 6.54 Å². The molecule has 0 aliphatic rings. The Labute approximate surface area is 163 Å². The van der Waals surface area contributed by atoms with E-state index in [1.807, 2.05) is 36.4 Å². The summed E-state index contributed by atoms with van der Waals surface area (Å²) in [5.41, 5.74) is 4.92. The van der Waals surface area contributed by atoms with Crippen molar-refractivity contribution < 1.29 is 9.47 Å². The van der Waals surface area contributed by atoms with Crippen molar-refractivity contribution in [2.24, 2.45) is 5.10 Å². The summed E-state index contributed by atoms with van der Waals surface area (Å²) in [5.74, 6) is 1.63. The molecule has 0 atom stereocenters. The molecule has 0 radical (unpaired) electrons. The van der Waals surface area contributed by atoms with Crippen molar-refractivity contribution in [3.63, 3.8) is 0 Å². The van der Waals surface area contributed by atoms with Crippen LogP contribution in [0, 0.1) is 0 Å². The summed E-state index contributed by atoms with van der Waals surface area (Å²) in [7, 11) is 3.40. The fraction of sp³-hybridized carbons (Fsp3) is 0.200. The van der Waals surface area contributed by atoms with Crippen LogP contribution in [-0.4, -0.2) is 36.7 Å². The van der Waals surface area contributed by atoms with Gasteiger partial charge in [-0.25, -0.2) is 0 Å². The Morgan fingerprint density at radius 2 is 1.89 bits per heavy atom. The van der Waals surface area contributed by atoms with Crippen LogP contribution in [-0.2, 0) is 6.54 Å². The molecule has 0 aliphatic carbocycles. The first kappa shape index (κ1) is 18.7. The minimum absolute atomic E-state index is 0.475. The number of ether oxygens (including phenoxy) is 2. The van der Waals surface area contributed by atoms with E-state index in [1.165, 1.54) is 0 Å². The molecule has 27 heavy (non-hydrogen) atoms. The fourth-order valence-electron chi connectivity index (χ4n) is 2.71. The van der Waals surface area contributed by atoms with Gasteiger partial charge in [0.05, 0.1) is 19.9 Å². The molecule has 2 N–H and O–H groups in total. The molecule has 1 heterocycles. The van der Waals surface area contributed by atoms with E-state index in [1.54, 1.807) is 20.4 Å².